The van der Waals surface area contributed by atoms with Crippen molar-refractivity contribution < 1.29 is 0 Å². The Morgan fingerprint density at radius 1 is 1.17 bits per heavy atom. The third-order valence-corrected chi connectivity index (χ3v) is 3.59. The van der Waals surface area contributed by atoms with Crippen LogP contribution in [0.2, 0.25) is 0 Å². The quantitative estimate of drug-likeness (QED) is 0.680. The van der Waals surface area contributed by atoms with Crippen LogP contribution in [0, 0.1) is 17.8 Å². The van der Waals surface area contributed by atoms with Crippen molar-refractivity contribution in [1.82, 2.24) is 5.32 Å². The topological polar surface area (TPSA) is 12.0 Å². The lowest BCUT2D eigenvalue weighted by molar-refractivity contribution is 0.293. The summed E-state index contributed by atoms with van der Waals surface area (Å²) in [4.78, 5) is 0. The maximum absolute atomic E-state index is 3.43. The van der Waals surface area contributed by atoms with E-state index in [1.165, 1.54) is 45.2 Å². The van der Waals surface area contributed by atoms with Crippen molar-refractivity contribution >= 4 is 0 Å². The first kappa shape index (κ1) is 8.55. The fourth-order valence-electron chi connectivity index (χ4n) is 2.50. The fraction of sp³-hybridized carbons (Fsp3) is 1.00. The largest absolute Gasteiger partial charge is 0.317 e. The summed E-state index contributed by atoms with van der Waals surface area (Å²) in [6.45, 7) is 4.99. The molecule has 1 aliphatic carbocycles. The number of rotatable bonds is 3. The molecule has 0 aromatic carbocycles. The Balaban J connectivity index is 1.69. The summed E-state index contributed by atoms with van der Waals surface area (Å²) in [5.74, 6) is 3.18. The lowest BCUT2D eigenvalue weighted by atomic mass is 9.86. The van der Waals surface area contributed by atoms with Crippen molar-refractivity contribution in [3.8, 4) is 0 Å². The first-order chi connectivity index (χ1) is 5.86. The van der Waals surface area contributed by atoms with Gasteiger partial charge in [0, 0.05) is 0 Å². The first-order valence-electron chi connectivity index (χ1n) is 5.57. The predicted octanol–water partition coefficient (Wildman–Crippen LogP) is 2.42. The van der Waals surface area contributed by atoms with Crippen LogP contribution in [-0.4, -0.2) is 13.1 Å². The Morgan fingerprint density at radius 2 is 1.83 bits per heavy atom. The highest BCUT2D eigenvalue weighted by molar-refractivity contribution is 4.81. The molecule has 1 atom stereocenters. The van der Waals surface area contributed by atoms with Gasteiger partial charge >= 0.3 is 0 Å². The van der Waals surface area contributed by atoms with Gasteiger partial charge in [-0.05, 0) is 62.9 Å². The van der Waals surface area contributed by atoms with E-state index in [1.807, 2.05) is 0 Å². The Bertz CT molecular complexity index is 134. The highest BCUT2D eigenvalue weighted by atomic mass is 14.9. The van der Waals surface area contributed by atoms with Crippen LogP contribution in [0.1, 0.15) is 39.0 Å². The van der Waals surface area contributed by atoms with Crippen LogP contribution in [0.5, 0.6) is 0 Å². The van der Waals surface area contributed by atoms with Crippen LogP contribution in [0.4, 0.5) is 0 Å². The molecule has 2 aliphatic rings. The second kappa shape index (κ2) is 3.78. The van der Waals surface area contributed by atoms with E-state index in [0.29, 0.717) is 0 Å². The minimum Gasteiger partial charge on any atom is -0.317 e. The van der Waals surface area contributed by atoms with Crippen molar-refractivity contribution in [2.45, 2.75) is 39.0 Å². The van der Waals surface area contributed by atoms with E-state index in [0.717, 1.165) is 17.8 Å². The normalized spacial score (nSPS) is 28.8. The van der Waals surface area contributed by atoms with Crippen molar-refractivity contribution in [1.29, 1.82) is 0 Å². The zero-order valence-corrected chi connectivity index (χ0v) is 8.18. The third kappa shape index (κ3) is 2.22. The van der Waals surface area contributed by atoms with Gasteiger partial charge in [0.25, 0.3) is 0 Å². The van der Waals surface area contributed by atoms with Crippen LogP contribution < -0.4 is 5.32 Å². The summed E-state index contributed by atoms with van der Waals surface area (Å²) >= 11 is 0. The number of piperidine rings is 1. The van der Waals surface area contributed by atoms with E-state index in [2.05, 4.69) is 12.2 Å². The Labute approximate surface area is 75.9 Å². The van der Waals surface area contributed by atoms with E-state index in [4.69, 9.17) is 0 Å². The van der Waals surface area contributed by atoms with E-state index in [9.17, 15) is 0 Å². The smallest absolute Gasteiger partial charge is 0.00463 e. The van der Waals surface area contributed by atoms with Crippen LogP contribution in [-0.2, 0) is 0 Å². The molecule has 1 N–H and O–H groups in total. The van der Waals surface area contributed by atoms with Gasteiger partial charge in [-0.2, -0.15) is 0 Å². The highest BCUT2D eigenvalue weighted by Crippen LogP contribution is 2.40. The first-order valence-corrected chi connectivity index (χ1v) is 5.57. The Morgan fingerprint density at radius 3 is 2.42 bits per heavy atom. The second-order valence-corrected chi connectivity index (χ2v) is 4.74. The van der Waals surface area contributed by atoms with Crippen molar-refractivity contribution in [3.05, 3.63) is 0 Å². The van der Waals surface area contributed by atoms with Crippen LogP contribution in [0.25, 0.3) is 0 Å². The predicted molar refractivity (Wildman–Crippen MR) is 52.1 cm³/mol. The molecule has 1 nitrogen and oxygen atoms in total. The Kier molecular flexibility index (Phi) is 2.69. The molecule has 1 heterocycles. The van der Waals surface area contributed by atoms with Gasteiger partial charge in [0.15, 0.2) is 0 Å². The van der Waals surface area contributed by atoms with E-state index < -0.39 is 0 Å². The van der Waals surface area contributed by atoms with Gasteiger partial charge in [-0.25, -0.2) is 0 Å². The SMILES string of the molecule is CC(CC1CCNCC1)C1CC1. The molecule has 0 bridgehead atoms. The molecule has 70 valence electrons. The number of hydrogen-bond acceptors (Lipinski definition) is 1. The van der Waals surface area contributed by atoms with Crippen LogP contribution in [0.15, 0.2) is 0 Å². The molecule has 1 heteroatoms. The summed E-state index contributed by atoms with van der Waals surface area (Å²) in [7, 11) is 0. The molecule has 1 saturated heterocycles. The third-order valence-electron chi connectivity index (χ3n) is 3.59. The molecule has 2 fully saturated rings. The summed E-state index contributed by atoms with van der Waals surface area (Å²) < 4.78 is 0. The monoisotopic (exact) mass is 167 g/mol. The van der Waals surface area contributed by atoms with Gasteiger partial charge in [-0.3, -0.25) is 0 Å². The van der Waals surface area contributed by atoms with Crippen molar-refractivity contribution in [2.75, 3.05) is 13.1 Å². The zero-order chi connectivity index (χ0) is 8.39. The molecular formula is C11H21N. The molecule has 0 amide bonds. The average molecular weight is 167 g/mol. The van der Waals surface area contributed by atoms with E-state index >= 15 is 0 Å². The molecule has 1 unspecified atom stereocenters. The van der Waals surface area contributed by atoms with Gasteiger partial charge in [-0.1, -0.05) is 6.92 Å². The lowest BCUT2D eigenvalue weighted by Gasteiger charge is -2.25. The molecule has 2 rings (SSSR count). The van der Waals surface area contributed by atoms with Gasteiger partial charge < -0.3 is 5.32 Å². The number of hydrogen-bond donors (Lipinski definition) is 1. The molecule has 12 heavy (non-hydrogen) atoms. The molecule has 0 spiro atoms. The summed E-state index contributed by atoms with van der Waals surface area (Å²) in [5, 5.41) is 3.43. The maximum Gasteiger partial charge on any atom is -0.00463 e. The van der Waals surface area contributed by atoms with Crippen molar-refractivity contribution in [2.24, 2.45) is 17.8 Å². The molecule has 1 saturated carbocycles. The van der Waals surface area contributed by atoms with Crippen molar-refractivity contribution in [3.63, 3.8) is 0 Å². The summed E-state index contributed by atoms with van der Waals surface area (Å²) in [5.41, 5.74) is 0. The average Bonchev–Trinajstić information content (AvgIpc) is 2.88. The standard InChI is InChI=1S/C11H21N/c1-9(11-2-3-11)8-10-4-6-12-7-5-10/h9-12H,2-8H2,1H3. The maximum atomic E-state index is 3.43. The molecule has 0 radical (unpaired) electrons. The molecule has 0 aromatic rings. The second-order valence-electron chi connectivity index (χ2n) is 4.74. The molecule has 0 aromatic heterocycles. The minimum absolute atomic E-state index is 1.02. The zero-order valence-electron chi connectivity index (χ0n) is 8.18. The number of nitrogens with one attached hydrogen (secondary N) is 1. The van der Waals surface area contributed by atoms with Gasteiger partial charge in [-0.15, -0.1) is 0 Å². The van der Waals surface area contributed by atoms with Crippen LogP contribution >= 0.6 is 0 Å². The summed E-state index contributed by atoms with van der Waals surface area (Å²) in [6, 6.07) is 0. The van der Waals surface area contributed by atoms with E-state index in [1.54, 1.807) is 0 Å². The summed E-state index contributed by atoms with van der Waals surface area (Å²) in [6.07, 6.45) is 7.40. The molecular weight excluding hydrogens is 146 g/mol. The van der Waals surface area contributed by atoms with Gasteiger partial charge in [0.05, 0.1) is 0 Å². The van der Waals surface area contributed by atoms with E-state index in [-0.39, 0.29) is 0 Å². The Hall–Kier alpha value is -0.0400. The highest BCUT2D eigenvalue weighted by Gasteiger charge is 2.29. The minimum atomic E-state index is 1.02. The van der Waals surface area contributed by atoms with Gasteiger partial charge in [0.1, 0.15) is 0 Å². The van der Waals surface area contributed by atoms with Gasteiger partial charge in [0.2, 0.25) is 0 Å². The lowest BCUT2D eigenvalue weighted by Crippen LogP contribution is -2.28. The van der Waals surface area contributed by atoms with Crippen LogP contribution in [0.3, 0.4) is 0 Å². The fourth-order valence-corrected chi connectivity index (χ4v) is 2.50. The molecule has 1 aliphatic heterocycles.